The van der Waals surface area contributed by atoms with Crippen LogP contribution in [0, 0.1) is 5.82 Å². The predicted molar refractivity (Wildman–Crippen MR) is 89.4 cm³/mol. The fourth-order valence-corrected chi connectivity index (χ4v) is 3.00. The highest BCUT2D eigenvalue weighted by Gasteiger charge is 2.20. The summed E-state index contributed by atoms with van der Waals surface area (Å²) >= 11 is 1.79. The van der Waals surface area contributed by atoms with E-state index in [9.17, 15) is 4.39 Å². The molecular weight excluding hydrogens is 271 g/mol. The predicted octanol–water partition coefficient (Wildman–Crippen LogP) is 4.07. The SMILES string of the molecule is CCCNC(C)c1cccc(F)c1N(C)C(C)CSC. The summed E-state index contributed by atoms with van der Waals surface area (Å²) < 4.78 is 14.3. The molecule has 0 saturated carbocycles. The van der Waals surface area contributed by atoms with E-state index in [1.54, 1.807) is 23.9 Å². The summed E-state index contributed by atoms with van der Waals surface area (Å²) in [5.41, 5.74) is 1.76. The van der Waals surface area contributed by atoms with Crippen molar-refractivity contribution in [1.82, 2.24) is 5.32 Å². The third kappa shape index (κ3) is 4.38. The lowest BCUT2D eigenvalue weighted by molar-refractivity contribution is 0.557. The second-order valence-electron chi connectivity index (χ2n) is 5.27. The van der Waals surface area contributed by atoms with Gasteiger partial charge in [0.2, 0.25) is 0 Å². The number of thioether (sulfide) groups is 1. The van der Waals surface area contributed by atoms with Crippen molar-refractivity contribution < 1.29 is 4.39 Å². The molecule has 4 heteroatoms. The Balaban J connectivity index is 3.04. The molecule has 2 nitrogen and oxygen atoms in total. The van der Waals surface area contributed by atoms with Crippen LogP contribution < -0.4 is 10.2 Å². The summed E-state index contributed by atoms with van der Waals surface area (Å²) in [7, 11) is 1.98. The molecule has 0 fully saturated rings. The Labute approximate surface area is 127 Å². The van der Waals surface area contributed by atoms with Crippen molar-refractivity contribution in [3.8, 4) is 0 Å². The molecule has 0 aromatic heterocycles. The molecule has 0 spiro atoms. The van der Waals surface area contributed by atoms with E-state index in [1.165, 1.54) is 0 Å². The van der Waals surface area contributed by atoms with Crippen LogP contribution in [0.3, 0.4) is 0 Å². The Hall–Kier alpha value is -0.740. The highest BCUT2D eigenvalue weighted by molar-refractivity contribution is 7.98. The van der Waals surface area contributed by atoms with Crippen molar-refractivity contribution in [2.45, 2.75) is 39.3 Å². The van der Waals surface area contributed by atoms with Crippen LogP contribution in [0.15, 0.2) is 18.2 Å². The minimum Gasteiger partial charge on any atom is -0.368 e. The van der Waals surface area contributed by atoms with E-state index in [1.807, 2.05) is 13.1 Å². The molecule has 0 heterocycles. The average Bonchev–Trinajstić information content (AvgIpc) is 2.44. The number of benzene rings is 1. The lowest BCUT2D eigenvalue weighted by Gasteiger charge is -2.30. The first kappa shape index (κ1) is 17.3. The van der Waals surface area contributed by atoms with Gasteiger partial charge in [-0.2, -0.15) is 11.8 Å². The van der Waals surface area contributed by atoms with Gasteiger partial charge in [-0.1, -0.05) is 19.1 Å². The fraction of sp³-hybridized carbons (Fsp3) is 0.625. The molecule has 0 saturated heterocycles. The van der Waals surface area contributed by atoms with Crippen molar-refractivity contribution in [1.29, 1.82) is 0 Å². The molecule has 0 bridgehead atoms. The molecule has 1 rings (SSSR count). The van der Waals surface area contributed by atoms with Gasteiger partial charge in [0.1, 0.15) is 5.82 Å². The monoisotopic (exact) mass is 298 g/mol. The van der Waals surface area contributed by atoms with Gasteiger partial charge in [0.25, 0.3) is 0 Å². The van der Waals surface area contributed by atoms with Gasteiger partial charge in [-0.15, -0.1) is 0 Å². The zero-order chi connectivity index (χ0) is 15.1. The second kappa shape index (κ2) is 8.53. The van der Waals surface area contributed by atoms with Gasteiger partial charge < -0.3 is 10.2 Å². The minimum atomic E-state index is -0.136. The zero-order valence-electron chi connectivity index (χ0n) is 13.2. The van der Waals surface area contributed by atoms with Crippen LogP contribution in [0.2, 0.25) is 0 Å². The smallest absolute Gasteiger partial charge is 0.146 e. The summed E-state index contributed by atoms with van der Waals surface area (Å²) in [6, 6.07) is 5.83. The first-order valence-electron chi connectivity index (χ1n) is 7.26. The molecule has 1 aromatic carbocycles. The first-order chi connectivity index (χ1) is 9.52. The lowest BCUT2D eigenvalue weighted by atomic mass is 10.0. The van der Waals surface area contributed by atoms with Crippen molar-refractivity contribution in [2.75, 3.05) is 30.5 Å². The topological polar surface area (TPSA) is 15.3 Å². The van der Waals surface area contributed by atoms with E-state index in [4.69, 9.17) is 0 Å². The molecule has 2 atom stereocenters. The molecule has 0 radical (unpaired) electrons. The van der Waals surface area contributed by atoms with E-state index in [2.05, 4.69) is 37.2 Å². The normalized spacial score (nSPS) is 14.1. The molecule has 20 heavy (non-hydrogen) atoms. The van der Waals surface area contributed by atoms with Crippen LogP contribution in [-0.4, -0.2) is 31.6 Å². The van der Waals surface area contributed by atoms with Gasteiger partial charge in [0.15, 0.2) is 0 Å². The molecule has 0 aliphatic rings. The molecule has 114 valence electrons. The summed E-state index contributed by atoms with van der Waals surface area (Å²) in [5.74, 6) is 0.851. The van der Waals surface area contributed by atoms with Gasteiger partial charge in [-0.05, 0) is 44.7 Å². The van der Waals surface area contributed by atoms with Crippen molar-refractivity contribution in [2.24, 2.45) is 0 Å². The van der Waals surface area contributed by atoms with Crippen LogP contribution in [-0.2, 0) is 0 Å². The molecule has 0 aliphatic carbocycles. The number of para-hydroxylation sites is 1. The van der Waals surface area contributed by atoms with Crippen molar-refractivity contribution in [3.05, 3.63) is 29.6 Å². The molecule has 2 unspecified atom stereocenters. The summed E-state index contributed by atoms with van der Waals surface area (Å²) in [6.07, 6.45) is 3.16. The van der Waals surface area contributed by atoms with Gasteiger partial charge in [-0.3, -0.25) is 0 Å². The van der Waals surface area contributed by atoms with Crippen LogP contribution in [0.1, 0.15) is 38.8 Å². The number of halogens is 1. The second-order valence-corrected chi connectivity index (χ2v) is 6.18. The molecular formula is C16H27FN2S. The van der Waals surface area contributed by atoms with Crippen LogP contribution in [0.5, 0.6) is 0 Å². The quantitative estimate of drug-likeness (QED) is 0.778. The van der Waals surface area contributed by atoms with E-state index in [0.29, 0.717) is 6.04 Å². The van der Waals surface area contributed by atoms with Crippen molar-refractivity contribution >= 4 is 17.4 Å². The first-order valence-corrected chi connectivity index (χ1v) is 8.65. The number of hydrogen-bond donors (Lipinski definition) is 1. The van der Waals surface area contributed by atoms with Crippen molar-refractivity contribution in [3.63, 3.8) is 0 Å². The Kier molecular flexibility index (Phi) is 7.38. The van der Waals surface area contributed by atoms with Crippen LogP contribution in [0.25, 0.3) is 0 Å². The number of anilines is 1. The molecule has 1 aromatic rings. The standard InChI is InChI=1S/C16H27FN2S/c1-6-10-18-13(3)14-8-7-9-15(17)16(14)19(4)12(2)11-20-5/h7-9,12-13,18H,6,10-11H2,1-5H3. The van der Waals surface area contributed by atoms with Crippen LogP contribution in [0.4, 0.5) is 10.1 Å². The van der Waals surface area contributed by atoms with Gasteiger partial charge >= 0.3 is 0 Å². The largest absolute Gasteiger partial charge is 0.368 e. The minimum absolute atomic E-state index is 0.136. The summed E-state index contributed by atoms with van der Waals surface area (Å²) in [5, 5.41) is 3.44. The maximum absolute atomic E-state index is 14.3. The van der Waals surface area contributed by atoms with E-state index in [0.717, 1.165) is 30.0 Å². The third-order valence-corrected chi connectivity index (χ3v) is 4.42. The number of nitrogens with zero attached hydrogens (tertiary/aromatic N) is 1. The summed E-state index contributed by atoms with van der Waals surface area (Å²) in [6.45, 7) is 7.32. The maximum Gasteiger partial charge on any atom is 0.146 e. The molecule has 0 amide bonds. The Morgan fingerprint density at radius 1 is 1.35 bits per heavy atom. The molecule has 0 aliphatic heterocycles. The van der Waals surface area contributed by atoms with E-state index >= 15 is 0 Å². The number of rotatable bonds is 8. The highest BCUT2D eigenvalue weighted by atomic mass is 32.2. The fourth-order valence-electron chi connectivity index (χ4n) is 2.30. The zero-order valence-corrected chi connectivity index (χ0v) is 14.1. The van der Waals surface area contributed by atoms with Gasteiger partial charge in [-0.25, -0.2) is 4.39 Å². The molecule has 1 N–H and O–H groups in total. The Morgan fingerprint density at radius 3 is 2.65 bits per heavy atom. The summed E-state index contributed by atoms with van der Waals surface area (Å²) in [4.78, 5) is 2.06. The lowest BCUT2D eigenvalue weighted by Crippen LogP contribution is -2.33. The highest BCUT2D eigenvalue weighted by Crippen LogP contribution is 2.30. The van der Waals surface area contributed by atoms with Gasteiger partial charge in [0, 0.05) is 24.9 Å². The maximum atomic E-state index is 14.3. The van der Waals surface area contributed by atoms with E-state index < -0.39 is 0 Å². The van der Waals surface area contributed by atoms with E-state index in [-0.39, 0.29) is 11.9 Å². The Bertz CT molecular complexity index is 411. The number of hydrogen-bond acceptors (Lipinski definition) is 3. The average molecular weight is 298 g/mol. The number of nitrogens with one attached hydrogen (secondary N) is 1. The van der Waals surface area contributed by atoms with Crippen LogP contribution >= 0.6 is 11.8 Å². The Morgan fingerprint density at radius 2 is 2.05 bits per heavy atom. The third-order valence-electron chi connectivity index (χ3n) is 3.61. The van der Waals surface area contributed by atoms with Gasteiger partial charge in [0.05, 0.1) is 5.69 Å².